The van der Waals surface area contributed by atoms with Crippen LogP contribution in [0.15, 0.2) is 108 Å². The molecule has 0 aliphatic carbocycles. The van der Waals surface area contributed by atoms with E-state index in [0.29, 0.717) is 47.3 Å². The van der Waals surface area contributed by atoms with Gasteiger partial charge >= 0.3 is 11.9 Å². The highest BCUT2D eigenvalue weighted by Crippen LogP contribution is 2.34. The molecule has 54 heavy (non-hydrogen) atoms. The minimum Gasteiger partial charge on any atom is -0.493 e. The summed E-state index contributed by atoms with van der Waals surface area (Å²) in [4.78, 5) is 26.2. The van der Waals surface area contributed by atoms with Crippen molar-refractivity contribution in [1.29, 1.82) is 10.5 Å². The minimum absolute atomic E-state index is 0.0471. The number of hydrogen-bond donors (Lipinski definition) is 0. The number of esters is 2. The molecule has 274 valence electrons. The number of hydrogen-bond acceptors (Lipinski definition) is 12. The second-order valence-electron chi connectivity index (χ2n) is 12.2. The molecule has 12 heteroatoms. The van der Waals surface area contributed by atoms with E-state index in [2.05, 4.69) is 0 Å². The van der Waals surface area contributed by atoms with E-state index in [1.165, 1.54) is 26.4 Å². The maximum atomic E-state index is 13.1. The number of fused-ring (bicyclic) bond motifs is 1. The molecule has 4 atom stereocenters. The fourth-order valence-electron chi connectivity index (χ4n) is 5.90. The predicted octanol–water partition coefficient (Wildman–Crippen LogP) is 6.00. The largest absolute Gasteiger partial charge is 0.493 e. The van der Waals surface area contributed by atoms with E-state index in [4.69, 9.17) is 37.9 Å². The average molecular weight is 729 g/mol. The highest BCUT2D eigenvalue weighted by Gasteiger charge is 2.51. The summed E-state index contributed by atoms with van der Waals surface area (Å²) < 4.78 is 45.6. The Balaban J connectivity index is 1.04. The van der Waals surface area contributed by atoms with Crippen LogP contribution in [0.3, 0.4) is 0 Å². The van der Waals surface area contributed by atoms with Gasteiger partial charge in [0.1, 0.15) is 48.7 Å². The van der Waals surface area contributed by atoms with E-state index >= 15 is 0 Å². The second-order valence-corrected chi connectivity index (χ2v) is 12.2. The van der Waals surface area contributed by atoms with Gasteiger partial charge in [-0.1, -0.05) is 72.8 Å². The van der Waals surface area contributed by atoms with Gasteiger partial charge in [0.05, 0.1) is 27.4 Å². The number of benzene rings is 4. The van der Waals surface area contributed by atoms with Gasteiger partial charge in [-0.2, -0.15) is 10.5 Å². The molecular formula is C42H36N2O10. The number of nitriles is 2. The van der Waals surface area contributed by atoms with Crippen LogP contribution in [0.1, 0.15) is 22.3 Å². The lowest BCUT2D eigenvalue weighted by Crippen LogP contribution is -2.36. The lowest BCUT2D eigenvalue weighted by Gasteiger charge is -2.17. The molecule has 2 aliphatic heterocycles. The Morgan fingerprint density at radius 2 is 1.04 bits per heavy atom. The van der Waals surface area contributed by atoms with Crippen LogP contribution in [0, 0.1) is 22.7 Å². The maximum Gasteiger partial charge on any atom is 0.349 e. The van der Waals surface area contributed by atoms with Crippen molar-refractivity contribution in [3.63, 3.8) is 0 Å². The summed E-state index contributed by atoms with van der Waals surface area (Å²) >= 11 is 0. The molecule has 4 aromatic rings. The number of carbonyl (C=O) groups is 2. The molecular weight excluding hydrogens is 692 g/mol. The monoisotopic (exact) mass is 728 g/mol. The predicted molar refractivity (Wildman–Crippen MR) is 194 cm³/mol. The molecule has 2 heterocycles. The van der Waals surface area contributed by atoms with Gasteiger partial charge < -0.3 is 37.9 Å². The summed E-state index contributed by atoms with van der Waals surface area (Å²) in [6.45, 7) is 0.578. The van der Waals surface area contributed by atoms with Crippen molar-refractivity contribution in [2.24, 2.45) is 0 Å². The molecule has 12 nitrogen and oxygen atoms in total. The summed E-state index contributed by atoms with van der Waals surface area (Å²) in [5.41, 5.74) is 2.50. The van der Waals surface area contributed by atoms with Crippen LogP contribution in [0.4, 0.5) is 0 Å². The Morgan fingerprint density at radius 1 is 0.630 bits per heavy atom. The molecule has 0 saturated carbocycles. The van der Waals surface area contributed by atoms with Crippen molar-refractivity contribution in [2.75, 3.05) is 27.4 Å². The third-order valence-corrected chi connectivity index (χ3v) is 8.63. The van der Waals surface area contributed by atoms with Crippen molar-refractivity contribution < 1.29 is 47.5 Å². The summed E-state index contributed by atoms with van der Waals surface area (Å²) in [6.07, 6.45) is -0.476. The Bertz CT molecular complexity index is 1950. The number of rotatable bonds is 14. The van der Waals surface area contributed by atoms with E-state index in [9.17, 15) is 20.1 Å². The van der Waals surface area contributed by atoms with Gasteiger partial charge in [0.15, 0.2) is 35.2 Å². The molecule has 2 aliphatic rings. The van der Waals surface area contributed by atoms with E-state index < -0.39 is 36.4 Å². The third-order valence-electron chi connectivity index (χ3n) is 8.63. The van der Waals surface area contributed by atoms with Crippen molar-refractivity contribution in [1.82, 2.24) is 0 Å². The molecule has 0 amide bonds. The number of nitrogens with zero attached hydrogens (tertiary/aromatic N) is 2. The quantitative estimate of drug-likeness (QED) is 0.0850. The molecule has 0 radical (unpaired) electrons. The fraction of sp³-hybridized carbons (Fsp3) is 0.238. The fourth-order valence-corrected chi connectivity index (χ4v) is 5.90. The topological polar surface area (TPSA) is 156 Å². The normalized spacial score (nSPS) is 19.1. The zero-order valence-electron chi connectivity index (χ0n) is 29.5. The van der Waals surface area contributed by atoms with Crippen LogP contribution in [0.25, 0.3) is 12.2 Å². The van der Waals surface area contributed by atoms with Crippen LogP contribution in [-0.4, -0.2) is 63.8 Å². The molecule has 2 saturated heterocycles. The van der Waals surface area contributed by atoms with Crippen molar-refractivity contribution in [2.45, 2.75) is 37.6 Å². The van der Waals surface area contributed by atoms with Gasteiger partial charge in [-0.25, -0.2) is 9.59 Å². The molecule has 0 aromatic heterocycles. The van der Waals surface area contributed by atoms with E-state index in [0.717, 1.165) is 11.1 Å². The molecule has 4 aromatic carbocycles. The van der Waals surface area contributed by atoms with Crippen LogP contribution < -0.4 is 18.9 Å². The zero-order valence-corrected chi connectivity index (χ0v) is 29.5. The highest BCUT2D eigenvalue weighted by atomic mass is 16.7. The maximum absolute atomic E-state index is 13.1. The highest BCUT2D eigenvalue weighted by molar-refractivity contribution is 5.98. The van der Waals surface area contributed by atoms with Gasteiger partial charge in [0, 0.05) is 0 Å². The first kappa shape index (κ1) is 37.2. The molecule has 0 N–H and O–H groups in total. The lowest BCUT2D eigenvalue weighted by molar-refractivity contribution is -0.149. The van der Waals surface area contributed by atoms with E-state index in [1.807, 2.05) is 72.8 Å². The molecule has 0 spiro atoms. The summed E-state index contributed by atoms with van der Waals surface area (Å²) in [6, 6.07) is 33.2. The van der Waals surface area contributed by atoms with Crippen molar-refractivity contribution >= 4 is 24.1 Å². The SMILES string of the molecule is COc1cc(/C=C(\C#N)C(=O)O[C@H]2CO[C@H]3[C@@H]2OC[C@H]3OC(=O)/C(C#N)=C/c2ccc(OCc3ccccc3)c(OC)c2)ccc1OCc1ccccc1. The Kier molecular flexibility index (Phi) is 12.2. The Hall–Kier alpha value is -6.60. The standard InChI is InChI=1S/C42H36N2O10/c1-47-35-19-29(13-15-33(35)49-23-27-9-5-3-6-10-27)17-31(21-43)41(45)53-37-25-51-40-38(26-52-39(37)40)54-42(46)32(22-44)18-30-14-16-34(36(20-30)48-2)50-24-28-11-7-4-8-12-28/h3-20,37-40H,23-26H2,1-2H3/b31-17+,32-18+/t37-,38+,39-,40-/m1/s1. The number of ether oxygens (including phenoxy) is 8. The molecule has 6 rings (SSSR count). The van der Waals surface area contributed by atoms with Gasteiger partial charge in [-0.15, -0.1) is 0 Å². The second kappa shape index (κ2) is 17.8. The Morgan fingerprint density at radius 3 is 1.41 bits per heavy atom. The summed E-state index contributed by atoms with van der Waals surface area (Å²) in [5.74, 6) is 0.0984. The van der Waals surface area contributed by atoms with Gasteiger partial charge in [-0.05, 0) is 58.7 Å². The van der Waals surface area contributed by atoms with E-state index in [1.54, 1.807) is 36.4 Å². The number of methoxy groups -OCH3 is 2. The first-order valence-corrected chi connectivity index (χ1v) is 17.0. The molecule has 2 fully saturated rings. The smallest absolute Gasteiger partial charge is 0.349 e. The van der Waals surface area contributed by atoms with Crippen molar-refractivity contribution in [3.05, 3.63) is 130 Å². The third kappa shape index (κ3) is 9.06. The van der Waals surface area contributed by atoms with Crippen LogP contribution in [-0.2, 0) is 41.8 Å². The average Bonchev–Trinajstić information content (AvgIpc) is 3.80. The van der Waals surface area contributed by atoms with Gasteiger partial charge in [0.25, 0.3) is 0 Å². The first-order valence-electron chi connectivity index (χ1n) is 17.0. The zero-order chi connectivity index (χ0) is 37.9. The Labute approximate surface area is 312 Å². The van der Waals surface area contributed by atoms with Crippen LogP contribution >= 0.6 is 0 Å². The molecule has 0 unspecified atom stereocenters. The van der Waals surface area contributed by atoms with Gasteiger partial charge in [0.2, 0.25) is 0 Å². The van der Waals surface area contributed by atoms with E-state index in [-0.39, 0.29) is 24.4 Å². The minimum atomic E-state index is -0.874. The van der Waals surface area contributed by atoms with Crippen LogP contribution in [0.2, 0.25) is 0 Å². The first-order chi connectivity index (χ1) is 26.4. The number of carbonyl (C=O) groups excluding carboxylic acids is 2. The van der Waals surface area contributed by atoms with Crippen LogP contribution in [0.5, 0.6) is 23.0 Å². The summed E-state index contributed by atoms with van der Waals surface area (Å²) in [7, 11) is 3.00. The molecule has 0 bridgehead atoms. The van der Waals surface area contributed by atoms with Gasteiger partial charge in [-0.3, -0.25) is 0 Å². The van der Waals surface area contributed by atoms with Crippen molar-refractivity contribution in [3.8, 4) is 35.1 Å². The lowest BCUT2D eigenvalue weighted by atomic mass is 10.1. The summed E-state index contributed by atoms with van der Waals surface area (Å²) in [5, 5.41) is 19.6.